The van der Waals surface area contributed by atoms with Crippen LogP contribution in [0.15, 0.2) is 16.0 Å². The fraction of sp³-hybridized carbons (Fsp3) is 0.722. The van der Waals surface area contributed by atoms with E-state index in [-0.39, 0.29) is 5.04 Å². The maximum Gasteiger partial charge on any atom is 0.351 e. The summed E-state index contributed by atoms with van der Waals surface area (Å²) in [5.41, 5.74) is -0.450. The van der Waals surface area contributed by atoms with Crippen LogP contribution in [-0.4, -0.2) is 67.1 Å². The minimum absolute atomic E-state index is 0.0792. The highest BCUT2D eigenvalue weighted by Gasteiger charge is 2.41. The molecule has 158 valence electrons. The number of ether oxygens (including phenoxy) is 1. The number of hydrogen-bond donors (Lipinski definition) is 1. The second-order valence-corrected chi connectivity index (χ2v) is 14.8. The van der Waals surface area contributed by atoms with E-state index in [2.05, 4.69) is 66.4 Å². The van der Waals surface area contributed by atoms with Crippen molar-refractivity contribution >= 4 is 43.1 Å². The minimum atomic E-state index is -1.94. The van der Waals surface area contributed by atoms with Crippen LogP contribution in [0.25, 0.3) is 0 Å². The molecule has 1 N–H and O–H groups in total. The first-order valence-electron chi connectivity index (χ1n) is 9.28. The third-order valence-electron chi connectivity index (χ3n) is 5.23. The number of aromatic nitrogens is 2. The van der Waals surface area contributed by atoms with E-state index < -0.39 is 32.4 Å². The zero-order chi connectivity index (χ0) is 21.3. The maximum absolute atomic E-state index is 12.5. The van der Waals surface area contributed by atoms with Crippen molar-refractivity contribution in [1.82, 2.24) is 14.5 Å². The quantitative estimate of drug-likeness (QED) is 0.268. The molecule has 0 saturated carbocycles. The molecule has 1 fully saturated rings. The third kappa shape index (κ3) is 5.62. The second-order valence-electron chi connectivity index (χ2n) is 8.81. The lowest BCUT2D eigenvalue weighted by Gasteiger charge is -2.37. The van der Waals surface area contributed by atoms with E-state index in [0.29, 0.717) is 18.8 Å². The van der Waals surface area contributed by atoms with Crippen LogP contribution in [0, 0.1) is 3.57 Å². The van der Waals surface area contributed by atoms with Gasteiger partial charge in [-0.25, -0.2) is 9.79 Å². The average molecular weight is 522 g/mol. The van der Waals surface area contributed by atoms with Crippen molar-refractivity contribution in [2.75, 3.05) is 20.7 Å². The smallest absolute Gasteiger partial charge is 0.351 e. The number of hydrogen-bond acceptors (Lipinski definition) is 6. The van der Waals surface area contributed by atoms with Crippen LogP contribution in [0.4, 0.5) is 5.82 Å². The molecule has 2 heterocycles. The van der Waals surface area contributed by atoms with Crippen molar-refractivity contribution in [1.29, 1.82) is 0 Å². The van der Waals surface area contributed by atoms with Crippen molar-refractivity contribution in [3.63, 3.8) is 0 Å². The maximum atomic E-state index is 12.5. The van der Waals surface area contributed by atoms with Gasteiger partial charge in [0.25, 0.3) is 0 Å². The van der Waals surface area contributed by atoms with Gasteiger partial charge in [-0.15, -0.1) is 0 Å². The molecule has 0 aromatic carbocycles. The molecule has 28 heavy (non-hydrogen) atoms. The van der Waals surface area contributed by atoms with Gasteiger partial charge in [0.2, 0.25) is 0 Å². The Labute approximate surface area is 181 Å². The molecule has 0 unspecified atom stereocenters. The Bertz CT molecular complexity index is 776. The molecule has 0 amide bonds. The number of aliphatic hydroxyl groups is 1. The van der Waals surface area contributed by atoms with E-state index >= 15 is 0 Å². The summed E-state index contributed by atoms with van der Waals surface area (Å²) in [6.45, 7) is 11.1. The van der Waals surface area contributed by atoms with E-state index in [1.165, 1.54) is 4.57 Å². The van der Waals surface area contributed by atoms with E-state index in [4.69, 9.17) is 9.16 Å². The Kier molecular flexibility index (Phi) is 7.46. The molecule has 3 atom stereocenters. The van der Waals surface area contributed by atoms with Gasteiger partial charge >= 0.3 is 5.69 Å². The minimum Gasteiger partial charge on any atom is -0.414 e. The van der Waals surface area contributed by atoms with E-state index in [1.54, 1.807) is 17.4 Å². The molecule has 0 aliphatic carbocycles. The SMILES string of the molecule is CN(C)C=Nc1nc(=O)n([C@H]2C[C@@H](O)[C@@H](CO[Si](C)(C)C(C)(C)C)O2)cc1I. The van der Waals surface area contributed by atoms with Crippen molar-refractivity contribution in [3.8, 4) is 0 Å². The lowest BCUT2D eigenvalue weighted by Crippen LogP contribution is -2.43. The molecule has 0 radical (unpaired) electrons. The molecular formula is C18H31IN4O4Si. The summed E-state index contributed by atoms with van der Waals surface area (Å²) in [5, 5.41) is 10.5. The summed E-state index contributed by atoms with van der Waals surface area (Å²) in [6, 6.07) is 0. The van der Waals surface area contributed by atoms with Gasteiger partial charge in [-0.1, -0.05) is 20.8 Å². The van der Waals surface area contributed by atoms with E-state index in [0.717, 1.165) is 3.57 Å². The van der Waals surface area contributed by atoms with E-state index in [9.17, 15) is 9.90 Å². The van der Waals surface area contributed by atoms with Gasteiger partial charge in [-0.2, -0.15) is 4.98 Å². The molecule has 8 nitrogen and oxygen atoms in total. The van der Waals surface area contributed by atoms with Crippen LogP contribution in [0.5, 0.6) is 0 Å². The highest BCUT2D eigenvalue weighted by atomic mass is 127. The molecule has 1 aliphatic heterocycles. The summed E-state index contributed by atoms with van der Waals surface area (Å²) in [4.78, 5) is 22.5. The molecule has 1 saturated heterocycles. The standard InChI is InChI=1S/C18H31IN4O4Si/c1-18(2,3)28(6,7)26-10-14-13(24)8-15(27-14)23-9-12(19)16(21-17(23)25)20-11-22(4)5/h9,11,13-15,24H,8,10H2,1-7H3/t13-,14-,15-/m1/s1. The lowest BCUT2D eigenvalue weighted by atomic mass is 10.2. The highest BCUT2D eigenvalue weighted by molar-refractivity contribution is 14.1. The monoisotopic (exact) mass is 522 g/mol. The fourth-order valence-corrected chi connectivity index (χ4v) is 4.02. The Hall–Kier alpha value is -0.823. The zero-order valence-electron chi connectivity index (χ0n) is 17.6. The van der Waals surface area contributed by atoms with Crippen LogP contribution in [0.1, 0.15) is 33.4 Å². The van der Waals surface area contributed by atoms with Crippen molar-refractivity contribution in [2.45, 2.75) is 63.8 Å². The van der Waals surface area contributed by atoms with Gasteiger partial charge in [-0.05, 0) is 40.7 Å². The molecular weight excluding hydrogens is 491 g/mol. The first-order chi connectivity index (χ1) is 12.8. The number of nitrogens with zero attached hydrogens (tertiary/aromatic N) is 4. The molecule has 1 aromatic rings. The summed E-state index contributed by atoms with van der Waals surface area (Å²) in [7, 11) is 1.75. The van der Waals surface area contributed by atoms with Crippen molar-refractivity contribution in [2.24, 2.45) is 4.99 Å². The topological polar surface area (TPSA) is 89.2 Å². The second kappa shape index (κ2) is 8.90. The Morgan fingerprint density at radius 1 is 1.50 bits per heavy atom. The Balaban J connectivity index is 2.12. The first-order valence-corrected chi connectivity index (χ1v) is 13.3. The van der Waals surface area contributed by atoms with Crippen LogP contribution >= 0.6 is 22.6 Å². The van der Waals surface area contributed by atoms with Gasteiger partial charge in [0, 0.05) is 26.7 Å². The summed E-state index contributed by atoms with van der Waals surface area (Å²) >= 11 is 2.09. The lowest BCUT2D eigenvalue weighted by molar-refractivity contribution is -0.0432. The van der Waals surface area contributed by atoms with Crippen LogP contribution in [0.2, 0.25) is 18.1 Å². The van der Waals surface area contributed by atoms with Gasteiger partial charge in [-0.3, -0.25) is 4.57 Å². The van der Waals surface area contributed by atoms with E-state index in [1.807, 2.05) is 14.1 Å². The Morgan fingerprint density at radius 3 is 2.71 bits per heavy atom. The molecule has 1 aliphatic rings. The van der Waals surface area contributed by atoms with Gasteiger partial charge in [0.15, 0.2) is 14.1 Å². The zero-order valence-corrected chi connectivity index (χ0v) is 20.8. The summed E-state index contributed by atoms with van der Waals surface area (Å²) in [5.74, 6) is 0.368. The molecule has 0 bridgehead atoms. The predicted molar refractivity (Wildman–Crippen MR) is 121 cm³/mol. The van der Waals surface area contributed by atoms with Crippen LogP contribution < -0.4 is 5.69 Å². The molecule has 0 spiro atoms. The molecule has 2 rings (SSSR count). The summed E-state index contributed by atoms with van der Waals surface area (Å²) in [6.07, 6.45) is 1.87. The first kappa shape index (κ1) is 23.5. The number of halogens is 1. The number of aliphatic imine (C=N–C) groups is 1. The van der Waals surface area contributed by atoms with Crippen LogP contribution in [-0.2, 0) is 9.16 Å². The third-order valence-corrected chi connectivity index (χ3v) is 10.5. The summed E-state index contributed by atoms with van der Waals surface area (Å²) < 4.78 is 14.3. The molecule has 1 aromatic heterocycles. The van der Waals surface area contributed by atoms with Crippen molar-refractivity contribution < 1.29 is 14.3 Å². The largest absolute Gasteiger partial charge is 0.414 e. The predicted octanol–water partition coefficient (Wildman–Crippen LogP) is 2.74. The number of aliphatic hydroxyl groups excluding tert-OH is 1. The number of rotatable bonds is 6. The highest BCUT2D eigenvalue weighted by Crippen LogP contribution is 2.37. The average Bonchev–Trinajstić information content (AvgIpc) is 2.93. The van der Waals surface area contributed by atoms with Gasteiger partial charge in [0.05, 0.1) is 22.6 Å². The van der Waals surface area contributed by atoms with Gasteiger partial charge < -0.3 is 19.2 Å². The van der Waals surface area contributed by atoms with Crippen molar-refractivity contribution in [3.05, 3.63) is 20.3 Å². The normalized spacial score (nSPS) is 23.5. The fourth-order valence-electron chi connectivity index (χ4n) is 2.45. The molecule has 10 heteroatoms. The van der Waals surface area contributed by atoms with Gasteiger partial charge in [0.1, 0.15) is 12.3 Å². The van der Waals surface area contributed by atoms with Crippen LogP contribution in [0.3, 0.4) is 0 Å². The Morgan fingerprint density at radius 2 is 2.14 bits per heavy atom.